The molecule has 0 unspecified atom stereocenters. The van der Waals surface area contributed by atoms with Crippen LogP contribution in [0.5, 0.6) is 0 Å². The number of rotatable bonds is 4. The molecule has 1 amide bonds. The monoisotopic (exact) mass is 306 g/mol. The predicted octanol–water partition coefficient (Wildman–Crippen LogP) is 1.35. The molecule has 0 atom stereocenters. The van der Waals surface area contributed by atoms with Crippen molar-refractivity contribution in [3.8, 4) is 0 Å². The summed E-state index contributed by atoms with van der Waals surface area (Å²) in [6.45, 7) is -0.0147. The number of hydrogen-bond donors (Lipinski definition) is 2. The minimum atomic E-state index is -1.21. The Labute approximate surface area is 124 Å². The summed E-state index contributed by atoms with van der Waals surface area (Å²) in [4.78, 5) is 34.0. The van der Waals surface area contributed by atoms with Crippen molar-refractivity contribution in [3.63, 3.8) is 0 Å². The Morgan fingerprint density at radius 2 is 1.95 bits per heavy atom. The Morgan fingerprint density at radius 3 is 2.52 bits per heavy atom. The summed E-state index contributed by atoms with van der Waals surface area (Å²) < 4.78 is 1.09. The number of amides is 1. The highest BCUT2D eigenvalue weighted by molar-refractivity contribution is 6.31. The lowest BCUT2D eigenvalue weighted by Crippen LogP contribution is -2.25. The van der Waals surface area contributed by atoms with Gasteiger partial charge in [0, 0.05) is 16.7 Å². The van der Waals surface area contributed by atoms with Crippen LogP contribution in [0.2, 0.25) is 5.02 Å². The number of halogens is 1. The van der Waals surface area contributed by atoms with E-state index in [1.165, 1.54) is 36.4 Å². The van der Waals surface area contributed by atoms with Crippen LogP contribution >= 0.6 is 11.6 Å². The van der Waals surface area contributed by atoms with Crippen molar-refractivity contribution in [2.24, 2.45) is 5.73 Å². The third-order valence-corrected chi connectivity index (χ3v) is 3.29. The number of hydrogen-bond acceptors (Lipinski definition) is 3. The fourth-order valence-corrected chi connectivity index (χ4v) is 2.11. The van der Waals surface area contributed by atoms with Crippen molar-refractivity contribution in [1.29, 1.82) is 0 Å². The number of carboxylic acids is 1. The van der Waals surface area contributed by atoms with Gasteiger partial charge in [0.1, 0.15) is 5.69 Å². The first-order valence-electron chi connectivity index (χ1n) is 5.91. The number of nitrogens with zero attached hydrogens (tertiary/aromatic N) is 1. The lowest BCUT2D eigenvalue weighted by Gasteiger charge is -2.11. The van der Waals surface area contributed by atoms with Crippen molar-refractivity contribution in [2.45, 2.75) is 6.54 Å². The molecule has 0 bridgehead atoms. The molecule has 0 aliphatic heterocycles. The highest BCUT2D eigenvalue weighted by Gasteiger charge is 2.13. The topological polar surface area (TPSA) is 102 Å². The van der Waals surface area contributed by atoms with E-state index in [4.69, 9.17) is 22.4 Å². The number of pyridine rings is 1. The maximum absolute atomic E-state index is 11.8. The van der Waals surface area contributed by atoms with Gasteiger partial charge in [-0.1, -0.05) is 23.7 Å². The summed E-state index contributed by atoms with van der Waals surface area (Å²) in [5.74, 6) is -1.83. The fraction of sp³-hybridized carbons (Fsp3) is 0.0714. The highest BCUT2D eigenvalue weighted by Crippen LogP contribution is 2.19. The van der Waals surface area contributed by atoms with E-state index in [2.05, 4.69) is 0 Å². The van der Waals surface area contributed by atoms with Gasteiger partial charge in [-0.2, -0.15) is 0 Å². The lowest BCUT2D eigenvalue weighted by molar-refractivity contribution is 0.0683. The van der Waals surface area contributed by atoms with E-state index in [0.29, 0.717) is 5.56 Å². The van der Waals surface area contributed by atoms with Crippen LogP contribution in [0.25, 0.3) is 0 Å². The number of aromatic nitrogens is 1. The summed E-state index contributed by atoms with van der Waals surface area (Å²) in [5.41, 5.74) is 5.30. The van der Waals surface area contributed by atoms with Crippen LogP contribution in [0.1, 0.15) is 26.4 Å². The number of benzene rings is 1. The Hall–Kier alpha value is -2.60. The van der Waals surface area contributed by atoms with Gasteiger partial charge in [0.2, 0.25) is 5.91 Å². The van der Waals surface area contributed by atoms with E-state index in [1.807, 2.05) is 0 Å². The standard InChI is InChI=1S/C14H11ClN2O4/c15-10-6-8(13(16)19)4-5-9(10)7-17-11(14(20)21)2-1-3-12(17)18/h1-6H,7H2,(H2,16,19)(H,20,21). The maximum atomic E-state index is 11.8. The molecule has 3 N–H and O–H groups in total. The summed E-state index contributed by atoms with van der Waals surface area (Å²) >= 11 is 6.04. The summed E-state index contributed by atoms with van der Waals surface area (Å²) in [6.07, 6.45) is 0. The first-order valence-corrected chi connectivity index (χ1v) is 6.29. The van der Waals surface area contributed by atoms with Gasteiger partial charge in [-0.3, -0.25) is 14.2 Å². The van der Waals surface area contributed by atoms with Crippen LogP contribution in [0.15, 0.2) is 41.2 Å². The van der Waals surface area contributed by atoms with Crippen LogP contribution in [0, 0.1) is 0 Å². The van der Waals surface area contributed by atoms with E-state index in [0.717, 1.165) is 4.57 Å². The van der Waals surface area contributed by atoms with E-state index >= 15 is 0 Å². The molecule has 0 saturated heterocycles. The highest BCUT2D eigenvalue weighted by atomic mass is 35.5. The molecule has 0 saturated carbocycles. The number of nitrogens with two attached hydrogens (primary N) is 1. The smallest absolute Gasteiger partial charge is 0.352 e. The van der Waals surface area contributed by atoms with Crippen molar-refractivity contribution in [2.75, 3.05) is 0 Å². The maximum Gasteiger partial charge on any atom is 0.352 e. The Morgan fingerprint density at radius 1 is 1.24 bits per heavy atom. The molecule has 0 fully saturated rings. The van der Waals surface area contributed by atoms with Gasteiger partial charge >= 0.3 is 5.97 Å². The molecule has 0 radical (unpaired) electrons. The predicted molar refractivity (Wildman–Crippen MR) is 76.7 cm³/mol. The zero-order valence-electron chi connectivity index (χ0n) is 10.7. The largest absolute Gasteiger partial charge is 0.477 e. The Balaban J connectivity index is 2.46. The van der Waals surface area contributed by atoms with Crippen LogP contribution in [-0.2, 0) is 6.54 Å². The molecule has 0 aliphatic carbocycles. The van der Waals surface area contributed by atoms with Crippen LogP contribution in [0.3, 0.4) is 0 Å². The quantitative estimate of drug-likeness (QED) is 0.890. The minimum absolute atomic E-state index is 0.0147. The molecule has 1 aromatic heterocycles. The van der Waals surface area contributed by atoms with Crippen LogP contribution in [-0.4, -0.2) is 21.6 Å². The van der Waals surface area contributed by atoms with Crippen LogP contribution < -0.4 is 11.3 Å². The number of carboxylic acid groups (broad SMARTS) is 1. The lowest BCUT2D eigenvalue weighted by atomic mass is 10.1. The van der Waals surface area contributed by atoms with Gasteiger partial charge in [0.05, 0.1) is 6.54 Å². The zero-order chi connectivity index (χ0) is 15.6. The molecule has 1 aromatic carbocycles. The molecule has 108 valence electrons. The van der Waals surface area contributed by atoms with E-state index in [9.17, 15) is 14.4 Å². The molecule has 6 nitrogen and oxygen atoms in total. The first kappa shape index (κ1) is 14.8. The molecule has 1 heterocycles. The Kier molecular flexibility index (Phi) is 4.09. The van der Waals surface area contributed by atoms with Gasteiger partial charge in [0.25, 0.3) is 5.56 Å². The number of aromatic carboxylic acids is 1. The number of carbonyl (C=O) groups excluding carboxylic acids is 1. The van der Waals surface area contributed by atoms with E-state index < -0.39 is 17.4 Å². The van der Waals surface area contributed by atoms with Gasteiger partial charge in [-0.25, -0.2) is 4.79 Å². The molecule has 21 heavy (non-hydrogen) atoms. The SMILES string of the molecule is NC(=O)c1ccc(Cn2c(C(=O)O)cccc2=O)c(Cl)c1. The summed E-state index contributed by atoms with van der Waals surface area (Å²) in [6, 6.07) is 8.35. The third kappa shape index (κ3) is 3.11. The second-order valence-electron chi connectivity index (χ2n) is 4.31. The van der Waals surface area contributed by atoms with E-state index in [-0.39, 0.29) is 22.8 Å². The van der Waals surface area contributed by atoms with Crippen LogP contribution in [0.4, 0.5) is 0 Å². The van der Waals surface area contributed by atoms with Crippen molar-refractivity contribution < 1.29 is 14.7 Å². The van der Waals surface area contributed by atoms with E-state index in [1.54, 1.807) is 0 Å². The zero-order valence-corrected chi connectivity index (χ0v) is 11.5. The molecule has 2 aromatic rings. The molecule has 7 heteroatoms. The second-order valence-corrected chi connectivity index (χ2v) is 4.72. The van der Waals surface area contributed by atoms with Gasteiger partial charge in [0.15, 0.2) is 0 Å². The molecule has 2 rings (SSSR count). The Bertz CT molecular complexity index is 783. The fourth-order valence-electron chi connectivity index (χ4n) is 1.87. The van der Waals surface area contributed by atoms with Crippen molar-refractivity contribution in [3.05, 3.63) is 68.6 Å². The van der Waals surface area contributed by atoms with Crippen molar-refractivity contribution in [1.82, 2.24) is 4.57 Å². The molecule has 0 spiro atoms. The summed E-state index contributed by atoms with van der Waals surface area (Å²) in [5, 5.41) is 9.34. The number of primary amides is 1. The van der Waals surface area contributed by atoms with Gasteiger partial charge in [-0.05, 0) is 23.8 Å². The second kappa shape index (κ2) is 5.80. The molecular formula is C14H11ClN2O4. The molecule has 0 aliphatic rings. The molecular weight excluding hydrogens is 296 g/mol. The minimum Gasteiger partial charge on any atom is -0.477 e. The average Bonchev–Trinajstić information content (AvgIpc) is 2.42. The van der Waals surface area contributed by atoms with Gasteiger partial charge in [-0.15, -0.1) is 0 Å². The number of carbonyl (C=O) groups is 2. The normalized spacial score (nSPS) is 10.3. The first-order chi connectivity index (χ1) is 9.90. The third-order valence-electron chi connectivity index (χ3n) is 2.93. The summed E-state index contributed by atoms with van der Waals surface area (Å²) in [7, 11) is 0. The van der Waals surface area contributed by atoms with Gasteiger partial charge < -0.3 is 10.8 Å². The van der Waals surface area contributed by atoms with Crippen molar-refractivity contribution >= 4 is 23.5 Å². The average molecular weight is 307 g/mol.